The van der Waals surface area contributed by atoms with E-state index in [2.05, 4.69) is 15.4 Å². The fraction of sp³-hybridized carbons (Fsp3) is 0.333. The molecule has 3 aromatic rings. The summed E-state index contributed by atoms with van der Waals surface area (Å²) in [7, 11) is 1.60. The Bertz CT molecular complexity index is 996. The lowest BCUT2D eigenvalue weighted by atomic mass is 10.3. The molecule has 0 aliphatic carbocycles. The molecule has 1 amide bonds. The molecule has 2 aromatic heterocycles. The molecule has 27 heavy (non-hydrogen) atoms. The van der Waals surface area contributed by atoms with Gasteiger partial charge in [-0.25, -0.2) is 4.98 Å². The molecule has 0 radical (unpaired) electrons. The lowest BCUT2D eigenvalue weighted by Gasteiger charge is -2.18. The first-order valence-electron chi connectivity index (χ1n) is 8.51. The highest BCUT2D eigenvalue weighted by Crippen LogP contribution is 2.16. The van der Waals surface area contributed by atoms with Gasteiger partial charge >= 0.3 is 0 Å². The van der Waals surface area contributed by atoms with Gasteiger partial charge in [0, 0.05) is 17.4 Å². The van der Waals surface area contributed by atoms with Gasteiger partial charge in [-0.2, -0.15) is 9.61 Å². The van der Waals surface area contributed by atoms with Gasteiger partial charge in [0.1, 0.15) is 10.8 Å². The molecule has 0 aliphatic rings. The second-order valence-electron chi connectivity index (χ2n) is 6.01. The second kappa shape index (κ2) is 8.28. The molecule has 0 unspecified atom stereocenters. The van der Waals surface area contributed by atoms with Gasteiger partial charge in [0.2, 0.25) is 10.9 Å². The molecule has 0 saturated carbocycles. The molecule has 1 N–H and O–H groups in total. The Labute approximate surface area is 160 Å². The van der Waals surface area contributed by atoms with Gasteiger partial charge in [-0.1, -0.05) is 18.3 Å². The first-order valence-corrected chi connectivity index (χ1v) is 9.33. The standard InChI is InChI=1S/C18H21N5O3S/c1-4-22(10-15(24)20-13-5-7-14(26-3)8-6-13)11-16-21-23-17(25)9-12(2)19-18(23)27-16/h5-9H,4,10-11H2,1-3H3,(H,20,24). The number of nitrogens with zero attached hydrogens (tertiary/aromatic N) is 4. The van der Waals surface area contributed by atoms with Crippen molar-refractivity contribution in [2.24, 2.45) is 0 Å². The Morgan fingerprint density at radius 3 is 2.74 bits per heavy atom. The van der Waals surface area contributed by atoms with Crippen molar-refractivity contribution in [3.63, 3.8) is 0 Å². The number of hydrogen-bond acceptors (Lipinski definition) is 7. The lowest BCUT2D eigenvalue weighted by Crippen LogP contribution is -2.32. The number of fused-ring (bicyclic) bond motifs is 1. The summed E-state index contributed by atoms with van der Waals surface area (Å²) in [6.45, 7) is 5.12. The van der Waals surface area contributed by atoms with Crippen LogP contribution in [0.4, 0.5) is 5.69 Å². The van der Waals surface area contributed by atoms with Gasteiger partial charge in [-0.05, 0) is 37.7 Å². The van der Waals surface area contributed by atoms with Crippen LogP contribution in [0.5, 0.6) is 5.75 Å². The molecule has 0 spiro atoms. The van der Waals surface area contributed by atoms with E-state index in [-0.39, 0.29) is 18.0 Å². The van der Waals surface area contributed by atoms with Gasteiger partial charge in [-0.3, -0.25) is 14.5 Å². The van der Waals surface area contributed by atoms with Crippen molar-refractivity contribution in [2.45, 2.75) is 20.4 Å². The predicted octanol–water partition coefficient (Wildman–Crippen LogP) is 1.93. The van der Waals surface area contributed by atoms with Crippen molar-refractivity contribution < 1.29 is 9.53 Å². The van der Waals surface area contributed by atoms with Gasteiger partial charge in [-0.15, -0.1) is 0 Å². The zero-order chi connectivity index (χ0) is 19.4. The molecule has 8 nitrogen and oxygen atoms in total. The van der Waals surface area contributed by atoms with Crippen molar-refractivity contribution in [3.05, 3.63) is 51.4 Å². The van der Waals surface area contributed by atoms with Crippen molar-refractivity contribution in [2.75, 3.05) is 25.5 Å². The molecule has 2 heterocycles. The summed E-state index contributed by atoms with van der Waals surface area (Å²) in [5.74, 6) is 0.618. The minimum Gasteiger partial charge on any atom is -0.497 e. The van der Waals surface area contributed by atoms with Gasteiger partial charge in [0.25, 0.3) is 5.56 Å². The topological polar surface area (TPSA) is 88.8 Å². The predicted molar refractivity (Wildman–Crippen MR) is 104 cm³/mol. The van der Waals surface area contributed by atoms with Crippen LogP contribution in [-0.4, -0.2) is 45.6 Å². The van der Waals surface area contributed by atoms with E-state index in [1.165, 1.54) is 21.9 Å². The molecule has 3 rings (SSSR count). The summed E-state index contributed by atoms with van der Waals surface area (Å²) in [4.78, 5) is 31.2. The minimum absolute atomic E-state index is 0.116. The molecule has 0 aliphatic heterocycles. The SMILES string of the molecule is CCN(CC(=O)Nc1ccc(OC)cc1)Cc1nn2c(=O)cc(C)nc2s1. The van der Waals surface area contributed by atoms with Crippen LogP contribution in [0.1, 0.15) is 17.6 Å². The normalized spacial score (nSPS) is 11.1. The molecule has 0 saturated heterocycles. The highest BCUT2D eigenvalue weighted by molar-refractivity contribution is 7.16. The number of hydrogen-bond donors (Lipinski definition) is 1. The average molecular weight is 387 g/mol. The van der Waals surface area contributed by atoms with Crippen LogP contribution in [0.15, 0.2) is 35.1 Å². The lowest BCUT2D eigenvalue weighted by molar-refractivity contribution is -0.117. The number of ether oxygens (including phenoxy) is 1. The highest BCUT2D eigenvalue weighted by Gasteiger charge is 2.14. The van der Waals surface area contributed by atoms with E-state index in [0.29, 0.717) is 29.4 Å². The monoisotopic (exact) mass is 387 g/mol. The minimum atomic E-state index is -0.194. The zero-order valence-electron chi connectivity index (χ0n) is 15.4. The van der Waals surface area contributed by atoms with E-state index in [1.807, 2.05) is 11.8 Å². The van der Waals surface area contributed by atoms with E-state index < -0.39 is 0 Å². The smallest absolute Gasteiger partial charge is 0.275 e. The number of nitrogens with one attached hydrogen (secondary N) is 1. The van der Waals surface area contributed by atoms with Crippen LogP contribution in [0.25, 0.3) is 4.96 Å². The Kier molecular flexibility index (Phi) is 5.82. The average Bonchev–Trinajstić information content (AvgIpc) is 3.04. The number of aryl methyl sites for hydroxylation is 1. The fourth-order valence-corrected chi connectivity index (χ4v) is 3.56. The quantitative estimate of drug-likeness (QED) is 0.666. The van der Waals surface area contributed by atoms with E-state index in [9.17, 15) is 9.59 Å². The Morgan fingerprint density at radius 1 is 1.33 bits per heavy atom. The number of anilines is 1. The van der Waals surface area contributed by atoms with Crippen LogP contribution in [0.2, 0.25) is 0 Å². The Morgan fingerprint density at radius 2 is 2.07 bits per heavy atom. The van der Waals surface area contributed by atoms with Crippen LogP contribution < -0.4 is 15.6 Å². The third kappa shape index (κ3) is 4.69. The van der Waals surface area contributed by atoms with Crippen LogP contribution in [0.3, 0.4) is 0 Å². The van der Waals surface area contributed by atoms with E-state index in [0.717, 1.165) is 10.8 Å². The maximum Gasteiger partial charge on any atom is 0.275 e. The number of amides is 1. The molecule has 142 valence electrons. The number of carbonyl (C=O) groups excluding carboxylic acids is 1. The fourth-order valence-electron chi connectivity index (χ4n) is 2.57. The summed E-state index contributed by atoms with van der Waals surface area (Å²) < 4.78 is 6.41. The summed E-state index contributed by atoms with van der Waals surface area (Å²) in [6.07, 6.45) is 0. The van der Waals surface area contributed by atoms with Crippen LogP contribution >= 0.6 is 11.3 Å². The van der Waals surface area contributed by atoms with Crippen molar-refractivity contribution in [3.8, 4) is 5.75 Å². The maximum atomic E-state index is 12.3. The largest absolute Gasteiger partial charge is 0.497 e. The number of carbonyl (C=O) groups is 1. The maximum absolute atomic E-state index is 12.3. The van der Waals surface area contributed by atoms with Crippen LogP contribution in [-0.2, 0) is 11.3 Å². The molecule has 0 fully saturated rings. The zero-order valence-corrected chi connectivity index (χ0v) is 16.2. The molecular weight excluding hydrogens is 366 g/mol. The van der Waals surface area contributed by atoms with Crippen LogP contribution in [0, 0.1) is 6.92 Å². The molecular formula is C18H21N5O3S. The number of benzene rings is 1. The molecule has 0 atom stereocenters. The molecule has 0 bridgehead atoms. The number of methoxy groups -OCH3 is 1. The van der Waals surface area contributed by atoms with Crippen molar-refractivity contribution in [1.29, 1.82) is 0 Å². The third-order valence-electron chi connectivity index (χ3n) is 3.96. The summed E-state index contributed by atoms with van der Waals surface area (Å²) in [5.41, 5.74) is 1.18. The van der Waals surface area contributed by atoms with Crippen molar-refractivity contribution in [1.82, 2.24) is 19.5 Å². The van der Waals surface area contributed by atoms with E-state index in [4.69, 9.17) is 4.74 Å². The van der Waals surface area contributed by atoms with Gasteiger partial charge in [0.05, 0.1) is 20.2 Å². The highest BCUT2D eigenvalue weighted by atomic mass is 32.1. The Hall–Kier alpha value is -2.78. The van der Waals surface area contributed by atoms with Gasteiger partial charge < -0.3 is 10.1 Å². The number of aromatic nitrogens is 3. The van der Waals surface area contributed by atoms with E-state index >= 15 is 0 Å². The molecule has 9 heteroatoms. The second-order valence-corrected chi connectivity index (χ2v) is 7.05. The Balaban J connectivity index is 1.65. The summed E-state index contributed by atoms with van der Waals surface area (Å²) in [6, 6.07) is 8.63. The molecule has 1 aromatic carbocycles. The third-order valence-corrected chi connectivity index (χ3v) is 4.86. The first-order chi connectivity index (χ1) is 13.0. The summed E-state index contributed by atoms with van der Waals surface area (Å²) >= 11 is 1.36. The van der Waals surface area contributed by atoms with Gasteiger partial charge in [0.15, 0.2) is 0 Å². The number of rotatable bonds is 7. The van der Waals surface area contributed by atoms with Crippen molar-refractivity contribution >= 4 is 27.9 Å². The van der Waals surface area contributed by atoms with E-state index in [1.54, 1.807) is 38.3 Å². The first kappa shape index (κ1) is 19.0. The summed E-state index contributed by atoms with van der Waals surface area (Å²) in [5, 5.41) is 7.93. The number of likely N-dealkylation sites (N-methyl/N-ethyl adjacent to an activating group) is 1.